The lowest BCUT2D eigenvalue weighted by atomic mass is 9.91. The molecule has 1 aliphatic rings. The van der Waals surface area contributed by atoms with Crippen LogP contribution in [0.1, 0.15) is 29.6 Å². The summed E-state index contributed by atoms with van der Waals surface area (Å²) in [6.45, 7) is 2.04. The first-order chi connectivity index (χ1) is 10.3. The van der Waals surface area contributed by atoms with E-state index in [1.807, 2.05) is 6.07 Å². The zero-order valence-corrected chi connectivity index (χ0v) is 12.1. The van der Waals surface area contributed by atoms with Crippen LogP contribution < -0.4 is 16.0 Å². The lowest BCUT2D eigenvalue weighted by Gasteiger charge is -2.37. The first-order valence-corrected chi connectivity index (χ1v) is 7.34. The number of hydrogen-bond donors (Lipinski definition) is 3. The number of hydrazine groups is 1. The maximum atomic E-state index is 11.6. The molecule has 1 saturated carbocycles. The number of nitrogens with zero attached hydrogens (tertiary/aromatic N) is 1. The Hall–Kier alpha value is -1.63. The largest absolute Gasteiger partial charge is 0.491 e. The Labute approximate surface area is 124 Å². The van der Waals surface area contributed by atoms with Gasteiger partial charge in [-0.15, -0.1) is 0 Å². The topological polar surface area (TPSA) is 87.8 Å². The number of aliphatic hydroxyl groups excluding tert-OH is 1. The molecule has 1 fully saturated rings. The minimum atomic E-state index is -0.364. The molecule has 0 atom stereocenters. The average molecular weight is 293 g/mol. The van der Waals surface area contributed by atoms with Gasteiger partial charge in [-0.05, 0) is 25.0 Å². The summed E-state index contributed by atoms with van der Waals surface area (Å²) in [4.78, 5) is 13.9. The predicted octanol–water partition coefficient (Wildman–Crippen LogP) is 0.516. The van der Waals surface area contributed by atoms with Crippen molar-refractivity contribution in [3.05, 3.63) is 29.8 Å². The van der Waals surface area contributed by atoms with Gasteiger partial charge in [-0.25, -0.2) is 5.84 Å². The van der Waals surface area contributed by atoms with Gasteiger partial charge in [-0.2, -0.15) is 0 Å². The predicted molar refractivity (Wildman–Crippen MR) is 79.9 cm³/mol. The summed E-state index contributed by atoms with van der Waals surface area (Å²) in [7, 11) is 0. The highest BCUT2D eigenvalue weighted by Gasteiger charge is 2.24. The molecule has 0 bridgehead atoms. The van der Waals surface area contributed by atoms with E-state index in [-0.39, 0.29) is 12.5 Å². The fourth-order valence-electron chi connectivity index (χ4n) is 2.49. The molecule has 4 N–H and O–H groups in total. The lowest BCUT2D eigenvalue weighted by Crippen LogP contribution is -2.43. The number of benzene rings is 1. The molecule has 0 spiro atoms. The van der Waals surface area contributed by atoms with E-state index in [0.717, 1.165) is 6.54 Å². The fourth-order valence-corrected chi connectivity index (χ4v) is 2.49. The van der Waals surface area contributed by atoms with E-state index in [4.69, 9.17) is 15.7 Å². The summed E-state index contributed by atoms with van der Waals surface area (Å²) in [5.41, 5.74) is 2.54. The van der Waals surface area contributed by atoms with Gasteiger partial charge >= 0.3 is 0 Å². The maximum Gasteiger partial charge on any atom is 0.268 e. The summed E-state index contributed by atoms with van der Waals surface area (Å²) in [5, 5.41) is 9.12. The van der Waals surface area contributed by atoms with Gasteiger partial charge in [0.1, 0.15) is 12.4 Å². The van der Waals surface area contributed by atoms with Crippen molar-refractivity contribution in [1.29, 1.82) is 0 Å². The second kappa shape index (κ2) is 7.97. The molecule has 0 aromatic heterocycles. The molecule has 0 radical (unpaired) electrons. The monoisotopic (exact) mass is 293 g/mol. The minimum Gasteiger partial charge on any atom is -0.491 e. The number of carbonyl (C=O) groups excluding carboxylic acids is 1. The van der Waals surface area contributed by atoms with Gasteiger partial charge in [0, 0.05) is 19.1 Å². The van der Waals surface area contributed by atoms with Gasteiger partial charge in [-0.1, -0.05) is 18.6 Å². The second-order valence-electron chi connectivity index (χ2n) is 5.16. The van der Waals surface area contributed by atoms with E-state index >= 15 is 0 Å². The number of aliphatic hydroxyl groups is 1. The summed E-state index contributed by atoms with van der Waals surface area (Å²) in [6.07, 6.45) is 3.63. The number of ether oxygens (including phenoxy) is 1. The second-order valence-corrected chi connectivity index (χ2v) is 5.16. The average Bonchev–Trinajstić information content (AvgIpc) is 2.45. The molecule has 0 saturated heterocycles. The van der Waals surface area contributed by atoms with Crippen LogP contribution in [0.25, 0.3) is 0 Å². The molecule has 0 unspecified atom stereocenters. The van der Waals surface area contributed by atoms with Crippen molar-refractivity contribution in [3.8, 4) is 5.75 Å². The van der Waals surface area contributed by atoms with Crippen LogP contribution in [-0.4, -0.2) is 48.3 Å². The number of nitrogens with one attached hydrogen (secondary N) is 1. The molecule has 1 aromatic rings. The molecule has 6 nitrogen and oxygen atoms in total. The van der Waals surface area contributed by atoms with Crippen LogP contribution >= 0.6 is 0 Å². The first-order valence-electron chi connectivity index (χ1n) is 7.34. The van der Waals surface area contributed by atoms with Crippen molar-refractivity contribution in [2.45, 2.75) is 25.3 Å². The third-order valence-electron chi connectivity index (χ3n) is 3.88. The summed E-state index contributed by atoms with van der Waals surface area (Å²) >= 11 is 0. The van der Waals surface area contributed by atoms with Crippen LogP contribution in [0.2, 0.25) is 0 Å². The first kappa shape index (κ1) is 15.8. The molecule has 1 aliphatic carbocycles. The third-order valence-corrected chi connectivity index (χ3v) is 3.88. The van der Waals surface area contributed by atoms with Crippen molar-refractivity contribution >= 4 is 5.91 Å². The number of carbonyl (C=O) groups is 1. The number of amides is 1. The lowest BCUT2D eigenvalue weighted by molar-refractivity contribution is 0.0850. The molecule has 1 aromatic carbocycles. The van der Waals surface area contributed by atoms with Crippen LogP contribution in [0.15, 0.2) is 24.3 Å². The smallest absolute Gasteiger partial charge is 0.268 e. The Bertz CT molecular complexity index is 463. The summed E-state index contributed by atoms with van der Waals surface area (Å²) in [5.74, 6) is 5.33. The maximum absolute atomic E-state index is 11.6. The Morgan fingerprint density at radius 2 is 2.14 bits per heavy atom. The quantitative estimate of drug-likeness (QED) is 0.369. The molecular formula is C15H23N3O3. The van der Waals surface area contributed by atoms with Crippen LogP contribution in [0.3, 0.4) is 0 Å². The van der Waals surface area contributed by atoms with E-state index in [1.165, 1.54) is 19.3 Å². The van der Waals surface area contributed by atoms with Crippen LogP contribution in [0.5, 0.6) is 5.75 Å². The van der Waals surface area contributed by atoms with Gasteiger partial charge in [0.2, 0.25) is 0 Å². The number of rotatable bonds is 8. The number of hydrogen-bond acceptors (Lipinski definition) is 5. The standard InChI is InChI=1S/C15H23N3O3/c16-17-15(20)13-6-1-2-7-14(13)21-11-9-18(8-10-19)12-4-3-5-12/h1-2,6-7,12,19H,3-5,8-11,16H2,(H,17,20). The van der Waals surface area contributed by atoms with Crippen molar-refractivity contribution in [1.82, 2.24) is 10.3 Å². The number of nitrogens with two attached hydrogens (primary N) is 1. The van der Waals surface area contributed by atoms with E-state index in [0.29, 0.717) is 30.5 Å². The Balaban J connectivity index is 1.88. The van der Waals surface area contributed by atoms with Crippen molar-refractivity contribution in [3.63, 3.8) is 0 Å². The fraction of sp³-hybridized carbons (Fsp3) is 0.533. The molecule has 6 heteroatoms. The normalized spacial score (nSPS) is 14.8. The molecule has 116 valence electrons. The third kappa shape index (κ3) is 4.17. The van der Waals surface area contributed by atoms with E-state index in [1.54, 1.807) is 18.2 Å². The summed E-state index contributed by atoms with van der Waals surface area (Å²) < 4.78 is 5.72. The SMILES string of the molecule is NNC(=O)c1ccccc1OCCN(CCO)C1CCC1. The zero-order chi connectivity index (χ0) is 15.1. The van der Waals surface area contributed by atoms with Crippen LogP contribution in [0, 0.1) is 0 Å². The van der Waals surface area contributed by atoms with E-state index in [9.17, 15) is 4.79 Å². The molecule has 1 amide bonds. The van der Waals surface area contributed by atoms with Crippen molar-refractivity contribution < 1.29 is 14.6 Å². The zero-order valence-electron chi connectivity index (χ0n) is 12.1. The van der Waals surface area contributed by atoms with Crippen molar-refractivity contribution in [2.24, 2.45) is 5.84 Å². The van der Waals surface area contributed by atoms with Gasteiger partial charge in [0.05, 0.1) is 12.2 Å². The number of nitrogen functional groups attached to an aromatic ring is 1. The minimum absolute atomic E-state index is 0.155. The highest BCUT2D eigenvalue weighted by atomic mass is 16.5. The van der Waals surface area contributed by atoms with Gasteiger partial charge in [0.25, 0.3) is 5.91 Å². The number of para-hydroxylation sites is 1. The Morgan fingerprint density at radius 3 is 2.76 bits per heavy atom. The van der Waals surface area contributed by atoms with Gasteiger partial charge < -0.3 is 9.84 Å². The highest BCUT2D eigenvalue weighted by molar-refractivity contribution is 5.96. The molecule has 0 aliphatic heterocycles. The van der Waals surface area contributed by atoms with Crippen LogP contribution in [-0.2, 0) is 0 Å². The molecule has 2 rings (SSSR count). The van der Waals surface area contributed by atoms with Gasteiger partial charge in [-0.3, -0.25) is 15.1 Å². The Kier molecular flexibility index (Phi) is 5.98. The Morgan fingerprint density at radius 1 is 1.38 bits per heavy atom. The van der Waals surface area contributed by atoms with Gasteiger partial charge in [0.15, 0.2) is 0 Å². The molecule has 0 heterocycles. The van der Waals surface area contributed by atoms with E-state index in [2.05, 4.69) is 10.3 Å². The van der Waals surface area contributed by atoms with Crippen LogP contribution in [0.4, 0.5) is 0 Å². The molecular weight excluding hydrogens is 270 g/mol. The highest BCUT2D eigenvalue weighted by Crippen LogP contribution is 2.24. The van der Waals surface area contributed by atoms with Crippen molar-refractivity contribution in [2.75, 3.05) is 26.3 Å². The molecule has 21 heavy (non-hydrogen) atoms. The summed E-state index contributed by atoms with van der Waals surface area (Å²) in [6, 6.07) is 7.58. The van der Waals surface area contributed by atoms with E-state index < -0.39 is 0 Å².